The predicted octanol–water partition coefficient (Wildman–Crippen LogP) is 2.02. The smallest absolute Gasteiger partial charge is 0.327 e. The number of anilines is 1. The first-order valence-electron chi connectivity index (χ1n) is 8.86. The zero-order chi connectivity index (χ0) is 18.4. The number of aromatic nitrogens is 1. The second kappa shape index (κ2) is 6.16. The van der Waals surface area contributed by atoms with Crippen molar-refractivity contribution in [1.29, 1.82) is 0 Å². The van der Waals surface area contributed by atoms with Crippen molar-refractivity contribution in [2.24, 2.45) is 0 Å². The fraction of sp³-hybridized carbons (Fsp3) is 0.421. The average Bonchev–Trinajstić information content (AvgIpc) is 2.90. The molecule has 2 aromatic rings. The molecule has 0 saturated carbocycles. The quantitative estimate of drug-likeness (QED) is 0.789. The van der Waals surface area contributed by atoms with E-state index in [-0.39, 0.29) is 11.9 Å². The molecule has 0 N–H and O–H groups in total. The van der Waals surface area contributed by atoms with Crippen molar-refractivity contribution in [1.82, 2.24) is 14.8 Å². The average molecular weight is 354 g/mol. The van der Waals surface area contributed by atoms with Gasteiger partial charge in [0.25, 0.3) is 5.91 Å². The Labute approximate surface area is 152 Å². The number of pyridine rings is 1. The molecule has 7 nitrogen and oxygen atoms in total. The maximum absolute atomic E-state index is 12.6. The van der Waals surface area contributed by atoms with Gasteiger partial charge in [0.05, 0.1) is 7.11 Å². The van der Waals surface area contributed by atoms with E-state index in [0.29, 0.717) is 26.2 Å². The molecule has 0 spiro atoms. The van der Waals surface area contributed by atoms with Crippen LogP contribution in [0.15, 0.2) is 24.3 Å². The lowest BCUT2D eigenvalue weighted by Gasteiger charge is -2.37. The molecular weight excluding hydrogens is 332 g/mol. The van der Waals surface area contributed by atoms with E-state index >= 15 is 0 Å². The molecule has 3 heterocycles. The van der Waals surface area contributed by atoms with Gasteiger partial charge in [0.2, 0.25) is 0 Å². The third-order valence-electron chi connectivity index (χ3n) is 5.19. The van der Waals surface area contributed by atoms with Gasteiger partial charge >= 0.3 is 6.03 Å². The number of hydrogen-bond acceptors (Lipinski definition) is 5. The molecule has 2 aliphatic rings. The van der Waals surface area contributed by atoms with Crippen LogP contribution in [0, 0.1) is 6.92 Å². The number of piperazine rings is 1. The van der Waals surface area contributed by atoms with Crippen LogP contribution in [0.2, 0.25) is 0 Å². The molecule has 2 aliphatic heterocycles. The topological polar surface area (TPSA) is 66.0 Å². The predicted molar refractivity (Wildman–Crippen MR) is 98.5 cm³/mol. The molecule has 2 saturated heterocycles. The molecule has 4 rings (SSSR count). The third-order valence-corrected chi connectivity index (χ3v) is 5.19. The van der Waals surface area contributed by atoms with Gasteiger partial charge in [-0.25, -0.2) is 9.78 Å². The summed E-state index contributed by atoms with van der Waals surface area (Å²) in [6.45, 7) is 5.92. The van der Waals surface area contributed by atoms with E-state index in [1.807, 2.05) is 38.1 Å². The van der Waals surface area contributed by atoms with Crippen molar-refractivity contribution in [3.05, 3.63) is 30.0 Å². The van der Waals surface area contributed by atoms with Gasteiger partial charge in [-0.3, -0.25) is 9.69 Å². The summed E-state index contributed by atoms with van der Waals surface area (Å²) in [7, 11) is 1.64. The second-order valence-electron chi connectivity index (χ2n) is 6.66. The molecule has 3 amide bonds. The molecule has 1 aromatic heterocycles. The van der Waals surface area contributed by atoms with Crippen LogP contribution in [0.3, 0.4) is 0 Å². The minimum atomic E-state index is -0.412. The maximum atomic E-state index is 12.6. The van der Waals surface area contributed by atoms with Crippen molar-refractivity contribution in [2.45, 2.75) is 19.9 Å². The van der Waals surface area contributed by atoms with Crippen molar-refractivity contribution in [2.75, 3.05) is 38.2 Å². The summed E-state index contributed by atoms with van der Waals surface area (Å²) < 4.78 is 5.46. The number of amides is 3. The molecule has 26 heavy (non-hydrogen) atoms. The largest absolute Gasteiger partial charge is 0.494 e. The van der Waals surface area contributed by atoms with Gasteiger partial charge in [-0.1, -0.05) is 12.1 Å². The van der Waals surface area contributed by atoms with E-state index in [1.165, 1.54) is 4.90 Å². The zero-order valence-electron chi connectivity index (χ0n) is 15.2. The molecule has 136 valence electrons. The first kappa shape index (κ1) is 16.6. The van der Waals surface area contributed by atoms with Gasteiger partial charge in [-0.05, 0) is 26.0 Å². The van der Waals surface area contributed by atoms with E-state index in [9.17, 15) is 9.59 Å². The Kier molecular flexibility index (Phi) is 3.94. The molecule has 7 heteroatoms. The SMILES string of the molecule is CCN1C(=O)C2CN(c3cc(C)nc4c(OC)cccc34)CCN2C1=O. The van der Waals surface area contributed by atoms with Crippen LogP contribution in [0.5, 0.6) is 5.75 Å². The number of rotatable bonds is 3. The van der Waals surface area contributed by atoms with Gasteiger partial charge in [-0.2, -0.15) is 0 Å². The summed E-state index contributed by atoms with van der Waals surface area (Å²) in [5, 5.41) is 0.993. The first-order chi connectivity index (χ1) is 12.5. The summed E-state index contributed by atoms with van der Waals surface area (Å²) >= 11 is 0. The number of ether oxygens (including phenoxy) is 1. The molecule has 0 aliphatic carbocycles. The summed E-state index contributed by atoms with van der Waals surface area (Å²) in [5.41, 5.74) is 2.74. The molecule has 1 aromatic carbocycles. The standard InChI is InChI=1S/C19H22N4O3/c1-4-22-18(24)15-11-21(8-9-23(15)19(22)25)14-10-12(2)20-17-13(14)6-5-7-16(17)26-3/h5-7,10,15H,4,8-9,11H2,1-3H3. The van der Waals surface area contributed by atoms with Crippen LogP contribution in [0.25, 0.3) is 10.9 Å². The number of imide groups is 1. The molecule has 0 radical (unpaired) electrons. The highest BCUT2D eigenvalue weighted by molar-refractivity contribution is 6.05. The van der Waals surface area contributed by atoms with Crippen molar-refractivity contribution < 1.29 is 14.3 Å². The number of carbonyl (C=O) groups excluding carboxylic acids is 2. The van der Waals surface area contributed by atoms with Gasteiger partial charge in [0.15, 0.2) is 0 Å². The Bertz CT molecular complexity index is 898. The third kappa shape index (κ3) is 2.38. The Morgan fingerprint density at radius 1 is 1.27 bits per heavy atom. The fourth-order valence-electron chi connectivity index (χ4n) is 3.92. The molecule has 0 bridgehead atoms. The number of carbonyl (C=O) groups is 2. The molecular formula is C19H22N4O3. The lowest BCUT2D eigenvalue weighted by atomic mass is 10.1. The Morgan fingerprint density at radius 3 is 2.81 bits per heavy atom. The van der Waals surface area contributed by atoms with Crippen LogP contribution in [-0.4, -0.2) is 66.1 Å². The zero-order valence-corrected chi connectivity index (χ0v) is 15.2. The van der Waals surface area contributed by atoms with Crippen molar-refractivity contribution in [3.63, 3.8) is 0 Å². The van der Waals surface area contributed by atoms with Gasteiger partial charge < -0.3 is 14.5 Å². The maximum Gasteiger partial charge on any atom is 0.327 e. The number of likely N-dealkylation sites (N-methyl/N-ethyl adjacent to an activating group) is 1. The lowest BCUT2D eigenvalue weighted by molar-refractivity contribution is -0.128. The van der Waals surface area contributed by atoms with E-state index in [4.69, 9.17) is 4.74 Å². The number of hydrogen-bond donors (Lipinski definition) is 0. The number of methoxy groups -OCH3 is 1. The second-order valence-corrected chi connectivity index (χ2v) is 6.66. The molecule has 1 atom stereocenters. The van der Waals surface area contributed by atoms with E-state index in [0.717, 1.165) is 28.0 Å². The van der Waals surface area contributed by atoms with Crippen molar-refractivity contribution >= 4 is 28.5 Å². The number of para-hydroxylation sites is 1. The number of benzene rings is 1. The highest BCUT2D eigenvalue weighted by Crippen LogP contribution is 2.34. The number of fused-ring (bicyclic) bond motifs is 2. The van der Waals surface area contributed by atoms with Crippen LogP contribution < -0.4 is 9.64 Å². The lowest BCUT2D eigenvalue weighted by Crippen LogP contribution is -2.53. The van der Waals surface area contributed by atoms with Crippen LogP contribution >= 0.6 is 0 Å². The van der Waals surface area contributed by atoms with Gasteiger partial charge in [0.1, 0.15) is 17.3 Å². The highest BCUT2D eigenvalue weighted by atomic mass is 16.5. The monoisotopic (exact) mass is 354 g/mol. The first-order valence-corrected chi connectivity index (χ1v) is 8.86. The number of nitrogens with zero attached hydrogens (tertiary/aromatic N) is 4. The van der Waals surface area contributed by atoms with Crippen LogP contribution in [0.1, 0.15) is 12.6 Å². The molecule has 2 fully saturated rings. The van der Waals surface area contributed by atoms with Crippen LogP contribution in [0.4, 0.5) is 10.5 Å². The van der Waals surface area contributed by atoms with Gasteiger partial charge in [0, 0.05) is 42.9 Å². The Morgan fingerprint density at radius 2 is 2.08 bits per heavy atom. The number of urea groups is 1. The fourth-order valence-corrected chi connectivity index (χ4v) is 3.92. The minimum Gasteiger partial charge on any atom is -0.494 e. The highest BCUT2D eigenvalue weighted by Gasteiger charge is 2.47. The minimum absolute atomic E-state index is 0.102. The van der Waals surface area contributed by atoms with Gasteiger partial charge in [-0.15, -0.1) is 0 Å². The summed E-state index contributed by atoms with van der Waals surface area (Å²) in [4.78, 5) is 34.8. The van der Waals surface area contributed by atoms with Crippen LogP contribution in [-0.2, 0) is 4.79 Å². The summed E-state index contributed by atoms with van der Waals surface area (Å²) in [6.07, 6.45) is 0. The van der Waals surface area contributed by atoms with Crippen molar-refractivity contribution in [3.8, 4) is 5.75 Å². The van der Waals surface area contributed by atoms with E-state index < -0.39 is 6.04 Å². The Hall–Kier alpha value is -2.83. The summed E-state index contributed by atoms with van der Waals surface area (Å²) in [5.74, 6) is 0.630. The Balaban J connectivity index is 1.74. The molecule has 1 unspecified atom stereocenters. The normalized spacial score (nSPS) is 20.1. The van der Waals surface area contributed by atoms with E-state index in [1.54, 1.807) is 12.0 Å². The summed E-state index contributed by atoms with van der Waals surface area (Å²) in [6, 6.07) is 7.32. The number of aryl methyl sites for hydroxylation is 1. The van der Waals surface area contributed by atoms with E-state index in [2.05, 4.69) is 9.88 Å².